The molecule has 2 amide bonds. The van der Waals surface area contributed by atoms with Gasteiger partial charge in [-0.25, -0.2) is 5.84 Å². The van der Waals surface area contributed by atoms with E-state index in [-0.39, 0.29) is 24.8 Å². The zero-order valence-electron chi connectivity index (χ0n) is 17.3. The highest BCUT2D eigenvalue weighted by Gasteiger charge is 2.28. The molecule has 0 bridgehead atoms. The zero-order valence-corrected chi connectivity index (χ0v) is 18.0. The maximum atomic E-state index is 12.9. The van der Waals surface area contributed by atoms with Gasteiger partial charge in [-0.05, 0) is 42.0 Å². The van der Waals surface area contributed by atoms with Crippen LogP contribution in [0.3, 0.4) is 0 Å². The maximum absolute atomic E-state index is 12.9. The number of fused-ring (bicyclic) bond motifs is 1. The van der Waals surface area contributed by atoms with Crippen LogP contribution in [0.2, 0.25) is 5.02 Å². The van der Waals surface area contributed by atoms with E-state index in [0.717, 1.165) is 0 Å². The van der Waals surface area contributed by atoms with Crippen LogP contribution >= 0.6 is 11.6 Å². The Morgan fingerprint density at radius 3 is 2.58 bits per heavy atom. The van der Waals surface area contributed by atoms with Gasteiger partial charge in [-0.2, -0.15) is 5.10 Å². The Balaban J connectivity index is 1.61. The minimum Gasteiger partial charge on any atom is -0.346 e. The number of nitrogens with one attached hydrogen (secondary N) is 3. The van der Waals surface area contributed by atoms with Crippen LogP contribution in [-0.2, 0) is 17.9 Å². The summed E-state index contributed by atoms with van der Waals surface area (Å²) in [4.78, 5) is 38.1. The number of anilines is 1. The first-order valence-electron chi connectivity index (χ1n) is 9.87. The summed E-state index contributed by atoms with van der Waals surface area (Å²) in [5.74, 6) is 10.1. The van der Waals surface area contributed by atoms with E-state index in [9.17, 15) is 14.4 Å². The van der Waals surface area contributed by atoms with Crippen LogP contribution in [0.25, 0.3) is 11.1 Å². The standard InChI is InChI=1S/C22H20ClN7O3/c23-14-3-1-2-13(8-14)16-9-19(32)30(17-10-26-22(33)20(16)17)11-18(31)27-15-6-4-12(5-7-15)21(28-24)29-25/h1-9H,10-11,24-25H2,(H,26,33)(H,27,31)(H,28,29). The second kappa shape index (κ2) is 9.15. The smallest absolute Gasteiger partial charge is 0.254 e. The van der Waals surface area contributed by atoms with Gasteiger partial charge in [0.15, 0.2) is 5.84 Å². The number of hydrogen-bond donors (Lipinski definition) is 5. The van der Waals surface area contributed by atoms with E-state index in [1.54, 1.807) is 48.5 Å². The number of aromatic nitrogens is 1. The number of hydrazine groups is 1. The number of amides is 2. The lowest BCUT2D eigenvalue weighted by Gasteiger charge is -2.14. The molecule has 2 heterocycles. The van der Waals surface area contributed by atoms with Crippen LogP contribution in [0, 0.1) is 0 Å². The highest BCUT2D eigenvalue weighted by molar-refractivity contribution is 6.30. The maximum Gasteiger partial charge on any atom is 0.254 e. The molecule has 0 atom stereocenters. The summed E-state index contributed by atoms with van der Waals surface area (Å²) in [6.45, 7) is -0.110. The number of carbonyl (C=O) groups is 2. The van der Waals surface area contributed by atoms with Crippen LogP contribution in [0.5, 0.6) is 0 Å². The number of benzene rings is 2. The lowest BCUT2D eigenvalue weighted by molar-refractivity contribution is -0.116. The number of nitrogens with two attached hydrogens (primary N) is 2. The molecule has 0 spiro atoms. The molecule has 1 aliphatic heterocycles. The van der Waals surface area contributed by atoms with Gasteiger partial charge in [-0.1, -0.05) is 23.7 Å². The number of hydrogen-bond acceptors (Lipinski definition) is 6. The Morgan fingerprint density at radius 1 is 1.15 bits per heavy atom. The number of hydrazone groups is 1. The van der Waals surface area contributed by atoms with Crippen LogP contribution in [0.15, 0.2) is 64.5 Å². The molecule has 0 saturated carbocycles. The van der Waals surface area contributed by atoms with Crippen molar-refractivity contribution in [1.29, 1.82) is 0 Å². The molecule has 0 saturated heterocycles. The molecule has 0 fully saturated rings. The van der Waals surface area contributed by atoms with E-state index in [1.165, 1.54) is 10.6 Å². The molecule has 168 valence electrons. The van der Waals surface area contributed by atoms with Crippen molar-refractivity contribution in [2.45, 2.75) is 13.1 Å². The number of halogens is 1. The van der Waals surface area contributed by atoms with E-state index in [0.29, 0.717) is 38.7 Å². The lowest BCUT2D eigenvalue weighted by Crippen LogP contribution is -2.32. The predicted octanol–water partition coefficient (Wildman–Crippen LogP) is 1.13. The molecule has 10 nitrogen and oxygen atoms in total. The number of amidine groups is 1. The van der Waals surface area contributed by atoms with E-state index in [4.69, 9.17) is 23.3 Å². The fraction of sp³-hybridized carbons (Fsp3) is 0.0909. The number of carbonyl (C=O) groups excluding carboxylic acids is 2. The molecular formula is C22H20ClN7O3. The van der Waals surface area contributed by atoms with Crippen molar-refractivity contribution < 1.29 is 9.59 Å². The quantitative estimate of drug-likeness (QED) is 0.164. The summed E-state index contributed by atoms with van der Waals surface area (Å²) < 4.78 is 1.29. The average molecular weight is 466 g/mol. The van der Waals surface area contributed by atoms with Gasteiger partial charge in [-0.3, -0.25) is 14.4 Å². The van der Waals surface area contributed by atoms with Gasteiger partial charge in [0.25, 0.3) is 11.5 Å². The lowest BCUT2D eigenvalue weighted by atomic mass is 9.99. The van der Waals surface area contributed by atoms with E-state index < -0.39 is 11.5 Å². The van der Waals surface area contributed by atoms with E-state index in [1.807, 2.05) is 0 Å². The Labute approximate surface area is 193 Å². The van der Waals surface area contributed by atoms with Gasteiger partial charge >= 0.3 is 0 Å². The fourth-order valence-corrected chi connectivity index (χ4v) is 3.88. The van der Waals surface area contributed by atoms with Gasteiger partial charge in [-0.15, -0.1) is 0 Å². The van der Waals surface area contributed by atoms with Crippen molar-refractivity contribution in [1.82, 2.24) is 15.3 Å². The number of rotatable bonds is 5. The molecular weight excluding hydrogens is 446 g/mol. The second-order valence-electron chi connectivity index (χ2n) is 7.24. The van der Waals surface area contributed by atoms with Crippen molar-refractivity contribution in [2.24, 2.45) is 16.8 Å². The molecule has 1 aliphatic rings. The molecule has 3 aromatic rings. The van der Waals surface area contributed by atoms with Crippen LogP contribution in [-0.4, -0.2) is 22.2 Å². The Hall–Kier alpha value is -4.15. The first-order chi connectivity index (χ1) is 15.9. The number of nitrogens with zero attached hydrogens (tertiary/aromatic N) is 2. The SMILES string of the molecule is N/N=C(\NN)c1ccc(NC(=O)Cn2c3c(c(-c4cccc(Cl)c4)cc2=O)C(=O)NC3)cc1. The average Bonchev–Trinajstić information content (AvgIpc) is 3.19. The fourth-order valence-electron chi connectivity index (χ4n) is 3.69. The zero-order chi connectivity index (χ0) is 23.5. The Morgan fingerprint density at radius 2 is 1.91 bits per heavy atom. The first kappa shape index (κ1) is 22.1. The minimum atomic E-state index is -0.424. The van der Waals surface area contributed by atoms with Gasteiger partial charge in [0.05, 0.1) is 17.8 Å². The highest BCUT2D eigenvalue weighted by atomic mass is 35.5. The summed E-state index contributed by atoms with van der Waals surface area (Å²) in [6.07, 6.45) is 0. The van der Waals surface area contributed by atoms with Crippen LogP contribution < -0.4 is 33.3 Å². The monoisotopic (exact) mass is 465 g/mol. The van der Waals surface area contributed by atoms with Crippen molar-refractivity contribution >= 4 is 34.9 Å². The normalized spacial score (nSPS) is 12.8. The largest absolute Gasteiger partial charge is 0.346 e. The third-order valence-corrected chi connectivity index (χ3v) is 5.44. The topological polar surface area (TPSA) is 157 Å². The molecule has 2 aromatic carbocycles. The summed E-state index contributed by atoms with van der Waals surface area (Å²) in [6, 6.07) is 14.9. The summed E-state index contributed by atoms with van der Waals surface area (Å²) >= 11 is 6.08. The van der Waals surface area contributed by atoms with Gasteiger partial charge in [0.2, 0.25) is 5.91 Å². The third-order valence-electron chi connectivity index (χ3n) is 5.21. The van der Waals surface area contributed by atoms with Crippen LogP contribution in [0.4, 0.5) is 5.69 Å². The molecule has 1 aromatic heterocycles. The highest BCUT2D eigenvalue weighted by Crippen LogP contribution is 2.29. The predicted molar refractivity (Wildman–Crippen MR) is 125 cm³/mol. The molecule has 0 radical (unpaired) electrons. The van der Waals surface area contributed by atoms with Gasteiger partial charge < -0.3 is 26.5 Å². The first-order valence-corrected chi connectivity index (χ1v) is 10.2. The summed E-state index contributed by atoms with van der Waals surface area (Å²) in [7, 11) is 0. The van der Waals surface area contributed by atoms with Crippen molar-refractivity contribution in [2.75, 3.05) is 5.32 Å². The van der Waals surface area contributed by atoms with Crippen molar-refractivity contribution in [3.63, 3.8) is 0 Å². The molecule has 7 N–H and O–H groups in total. The van der Waals surface area contributed by atoms with Crippen molar-refractivity contribution in [3.05, 3.63) is 86.8 Å². The minimum absolute atomic E-state index is 0.146. The molecule has 0 unspecified atom stereocenters. The summed E-state index contributed by atoms with van der Waals surface area (Å²) in [5.41, 5.74) is 5.05. The third kappa shape index (κ3) is 4.43. The Kier molecular flexibility index (Phi) is 6.11. The molecule has 0 aliphatic carbocycles. The van der Waals surface area contributed by atoms with Gasteiger partial charge in [0.1, 0.15) is 6.54 Å². The molecule has 4 rings (SSSR count). The molecule has 33 heavy (non-hydrogen) atoms. The van der Waals surface area contributed by atoms with Crippen molar-refractivity contribution in [3.8, 4) is 11.1 Å². The van der Waals surface area contributed by atoms with Crippen LogP contribution in [0.1, 0.15) is 21.6 Å². The summed E-state index contributed by atoms with van der Waals surface area (Å²) in [5, 5.41) is 9.47. The van der Waals surface area contributed by atoms with E-state index >= 15 is 0 Å². The second-order valence-corrected chi connectivity index (χ2v) is 7.68. The van der Waals surface area contributed by atoms with E-state index in [2.05, 4.69) is 21.2 Å². The Bertz CT molecular complexity index is 1330. The van der Waals surface area contributed by atoms with Gasteiger partial charge in [0, 0.05) is 27.9 Å². The number of pyridine rings is 1. The molecule has 11 heteroatoms.